The highest BCUT2D eigenvalue weighted by molar-refractivity contribution is 8.14. The highest BCUT2D eigenvalue weighted by Gasteiger charge is 2.36. The van der Waals surface area contributed by atoms with Crippen LogP contribution >= 0.6 is 11.8 Å². The van der Waals surface area contributed by atoms with Gasteiger partial charge in [0.25, 0.3) is 0 Å². The van der Waals surface area contributed by atoms with Crippen LogP contribution in [-0.2, 0) is 0 Å². The van der Waals surface area contributed by atoms with Crippen LogP contribution in [0.5, 0.6) is 5.75 Å². The van der Waals surface area contributed by atoms with Crippen molar-refractivity contribution in [3.63, 3.8) is 0 Å². The first-order valence-corrected chi connectivity index (χ1v) is 7.97. The number of hydrogen-bond donors (Lipinski definition) is 1. The highest BCUT2D eigenvalue weighted by Crippen LogP contribution is 2.43. The van der Waals surface area contributed by atoms with Gasteiger partial charge in [-0.3, -0.25) is 4.99 Å². The number of nitrogens with one attached hydrogen (secondary N) is 1. The molecule has 1 spiro atoms. The van der Waals surface area contributed by atoms with Crippen LogP contribution in [0.2, 0.25) is 0 Å². The molecule has 0 amide bonds. The van der Waals surface area contributed by atoms with Crippen LogP contribution in [0, 0.1) is 11.2 Å². The minimum Gasteiger partial charge on any atom is -0.494 e. The lowest BCUT2D eigenvalue weighted by Gasteiger charge is -2.31. The third kappa shape index (κ3) is 2.77. The van der Waals surface area contributed by atoms with E-state index in [4.69, 9.17) is 4.74 Å². The van der Waals surface area contributed by atoms with Gasteiger partial charge < -0.3 is 10.1 Å². The Morgan fingerprint density at radius 1 is 1.35 bits per heavy atom. The maximum atomic E-state index is 13.6. The largest absolute Gasteiger partial charge is 0.494 e. The van der Waals surface area contributed by atoms with Crippen molar-refractivity contribution in [2.75, 3.05) is 24.7 Å². The maximum Gasteiger partial charge on any atom is 0.167 e. The number of thioether (sulfide) groups is 1. The molecule has 1 N–H and O–H groups in total. The van der Waals surface area contributed by atoms with Gasteiger partial charge in [0, 0.05) is 24.1 Å². The third-order valence-corrected chi connectivity index (χ3v) is 5.40. The van der Waals surface area contributed by atoms with E-state index in [1.165, 1.54) is 38.9 Å². The van der Waals surface area contributed by atoms with Gasteiger partial charge in [-0.2, -0.15) is 0 Å². The lowest BCUT2D eigenvalue weighted by Crippen LogP contribution is -2.30. The molecule has 1 heterocycles. The summed E-state index contributed by atoms with van der Waals surface area (Å²) in [5.74, 6) is 1.03. The van der Waals surface area contributed by atoms with E-state index >= 15 is 0 Å². The molecule has 5 heteroatoms. The highest BCUT2D eigenvalue weighted by atomic mass is 32.2. The molecule has 0 saturated heterocycles. The average molecular weight is 294 g/mol. The van der Waals surface area contributed by atoms with E-state index in [9.17, 15) is 4.39 Å². The monoisotopic (exact) mass is 294 g/mol. The summed E-state index contributed by atoms with van der Waals surface area (Å²) >= 11 is 1.76. The molecular formula is C15H19FN2OS. The first-order valence-electron chi connectivity index (χ1n) is 6.99. The second-order valence-corrected chi connectivity index (χ2v) is 6.56. The van der Waals surface area contributed by atoms with Gasteiger partial charge in [-0.05, 0) is 30.4 Å². The fourth-order valence-electron chi connectivity index (χ4n) is 2.92. The zero-order valence-corrected chi connectivity index (χ0v) is 12.4. The summed E-state index contributed by atoms with van der Waals surface area (Å²) in [4.78, 5) is 4.65. The average Bonchev–Trinajstić information content (AvgIpc) is 2.90. The molecule has 0 unspecified atom stereocenters. The lowest BCUT2D eigenvalue weighted by atomic mass is 9.89. The molecule has 108 valence electrons. The minimum atomic E-state index is -0.355. The van der Waals surface area contributed by atoms with E-state index in [0.29, 0.717) is 5.41 Å². The number of amidine groups is 1. The Kier molecular flexibility index (Phi) is 3.87. The van der Waals surface area contributed by atoms with Crippen molar-refractivity contribution in [1.82, 2.24) is 0 Å². The van der Waals surface area contributed by atoms with Gasteiger partial charge in [0.2, 0.25) is 0 Å². The summed E-state index contributed by atoms with van der Waals surface area (Å²) in [6, 6.07) is 4.89. The van der Waals surface area contributed by atoms with Crippen molar-refractivity contribution in [1.29, 1.82) is 0 Å². The molecule has 3 rings (SSSR count). The molecule has 3 nitrogen and oxygen atoms in total. The van der Waals surface area contributed by atoms with Crippen LogP contribution in [0.1, 0.15) is 25.7 Å². The van der Waals surface area contributed by atoms with E-state index in [1.54, 1.807) is 17.8 Å². The standard InChI is InChI=1S/C15H19FN2OS/c1-19-13-5-4-11(8-12(13)16)18-14-17-9-15(10-20-14)6-2-3-7-15/h4-5,8H,2-3,6-7,9-10H2,1H3,(H,17,18). The topological polar surface area (TPSA) is 33.6 Å². The Bertz CT molecular complexity index is 527. The number of aliphatic imine (C=N–C) groups is 1. The van der Waals surface area contributed by atoms with E-state index in [0.717, 1.165) is 23.2 Å². The van der Waals surface area contributed by atoms with E-state index in [1.807, 2.05) is 6.07 Å². The van der Waals surface area contributed by atoms with Crippen LogP contribution in [-0.4, -0.2) is 24.6 Å². The summed E-state index contributed by atoms with van der Waals surface area (Å²) in [5, 5.41) is 4.09. The van der Waals surface area contributed by atoms with Gasteiger partial charge in [-0.1, -0.05) is 24.6 Å². The minimum absolute atomic E-state index is 0.263. The predicted octanol–water partition coefficient (Wildman–Crippen LogP) is 3.91. The maximum absolute atomic E-state index is 13.6. The molecule has 1 aliphatic heterocycles. The number of hydrogen-bond acceptors (Lipinski definition) is 4. The second kappa shape index (κ2) is 5.64. The van der Waals surface area contributed by atoms with Crippen LogP contribution in [0.4, 0.5) is 10.1 Å². The van der Waals surface area contributed by atoms with E-state index in [2.05, 4.69) is 10.3 Å². The second-order valence-electron chi connectivity index (χ2n) is 5.59. The first-order chi connectivity index (χ1) is 9.71. The van der Waals surface area contributed by atoms with Crippen molar-refractivity contribution >= 4 is 22.6 Å². The quantitative estimate of drug-likeness (QED) is 0.898. The van der Waals surface area contributed by atoms with Crippen LogP contribution in [0.15, 0.2) is 23.2 Å². The molecule has 1 aromatic carbocycles. The van der Waals surface area contributed by atoms with E-state index < -0.39 is 0 Å². The summed E-state index contributed by atoms with van der Waals surface area (Å²) in [5.41, 5.74) is 1.15. The number of halogens is 1. The smallest absolute Gasteiger partial charge is 0.167 e. The predicted molar refractivity (Wildman–Crippen MR) is 82.2 cm³/mol. The number of rotatable bonds is 2. The van der Waals surface area contributed by atoms with Crippen molar-refractivity contribution in [3.05, 3.63) is 24.0 Å². The Morgan fingerprint density at radius 2 is 2.15 bits per heavy atom. The van der Waals surface area contributed by atoms with Crippen LogP contribution in [0.25, 0.3) is 0 Å². The van der Waals surface area contributed by atoms with Gasteiger partial charge in [-0.25, -0.2) is 4.39 Å². The number of benzene rings is 1. The van der Waals surface area contributed by atoms with Gasteiger partial charge in [0.05, 0.1) is 7.11 Å². The van der Waals surface area contributed by atoms with E-state index in [-0.39, 0.29) is 11.6 Å². The van der Waals surface area contributed by atoms with Gasteiger partial charge in [0.15, 0.2) is 16.7 Å². The molecule has 0 radical (unpaired) electrons. The van der Waals surface area contributed by atoms with Crippen molar-refractivity contribution < 1.29 is 9.13 Å². The molecule has 2 aliphatic rings. The Balaban J connectivity index is 1.66. The number of nitrogens with zero attached hydrogens (tertiary/aromatic N) is 1. The Hall–Kier alpha value is -1.23. The molecular weight excluding hydrogens is 275 g/mol. The summed E-state index contributed by atoms with van der Waals surface area (Å²) in [6.45, 7) is 0.904. The lowest BCUT2D eigenvalue weighted by molar-refractivity contribution is 0.359. The van der Waals surface area contributed by atoms with Gasteiger partial charge in [-0.15, -0.1) is 0 Å². The van der Waals surface area contributed by atoms with Crippen molar-refractivity contribution in [2.45, 2.75) is 25.7 Å². The summed E-state index contributed by atoms with van der Waals surface area (Å²) < 4.78 is 18.5. The van der Waals surface area contributed by atoms with Crippen LogP contribution in [0.3, 0.4) is 0 Å². The molecule has 0 aromatic heterocycles. The molecule has 20 heavy (non-hydrogen) atoms. The molecule has 1 aliphatic carbocycles. The van der Waals surface area contributed by atoms with Gasteiger partial charge >= 0.3 is 0 Å². The fraction of sp³-hybridized carbons (Fsp3) is 0.533. The van der Waals surface area contributed by atoms with Crippen LogP contribution < -0.4 is 10.1 Å². The number of methoxy groups -OCH3 is 1. The summed E-state index contributed by atoms with van der Waals surface area (Å²) in [7, 11) is 1.47. The molecule has 1 aromatic rings. The summed E-state index contributed by atoms with van der Waals surface area (Å²) in [6.07, 6.45) is 5.27. The zero-order valence-electron chi connectivity index (χ0n) is 11.6. The molecule has 1 saturated carbocycles. The molecule has 0 bridgehead atoms. The SMILES string of the molecule is COc1ccc(NC2=NCC3(CCCC3)CS2)cc1F. The Morgan fingerprint density at radius 3 is 2.75 bits per heavy atom. The Labute approximate surface area is 123 Å². The first kappa shape index (κ1) is 13.7. The van der Waals surface area contributed by atoms with Crippen molar-refractivity contribution in [3.8, 4) is 5.75 Å². The zero-order chi connectivity index (χ0) is 14.0. The number of anilines is 1. The van der Waals surface area contributed by atoms with Crippen molar-refractivity contribution in [2.24, 2.45) is 10.4 Å². The van der Waals surface area contributed by atoms with Gasteiger partial charge in [0.1, 0.15) is 0 Å². The molecule has 1 fully saturated rings. The fourth-order valence-corrected chi connectivity index (χ4v) is 4.09. The molecule has 0 atom stereocenters. The normalized spacial score (nSPS) is 20.8. The third-order valence-electron chi connectivity index (χ3n) is 4.14. The number of ether oxygens (including phenoxy) is 1.